The van der Waals surface area contributed by atoms with E-state index >= 15 is 0 Å². The van der Waals surface area contributed by atoms with Gasteiger partial charge in [0, 0.05) is 25.2 Å². The van der Waals surface area contributed by atoms with Crippen molar-refractivity contribution in [2.24, 2.45) is 0 Å². The Bertz CT molecular complexity index is 585. The van der Waals surface area contributed by atoms with E-state index in [1.54, 1.807) is 0 Å². The third kappa shape index (κ3) is 6.76. The highest BCUT2D eigenvalue weighted by Crippen LogP contribution is 2.26. The summed E-state index contributed by atoms with van der Waals surface area (Å²) < 4.78 is 69.0. The number of hydrogen-bond donors (Lipinski definition) is 1. The van der Waals surface area contributed by atoms with Crippen LogP contribution in [0.5, 0.6) is 5.75 Å². The molecule has 0 unspecified atom stereocenters. The fraction of sp³-hybridized carbons (Fsp3) is 0.571. The number of rotatable bonds is 9. The number of alkyl halides is 3. The molecule has 0 spiro atoms. The van der Waals surface area contributed by atoms with Gasteiger partial charge >= 0.3 is 6.36 Å². The smallest absolute Gasteiger partial charge is 0.405 e. The molecule has 0 saturated carbocycles. The number of hydrogen-bond acceptors (Lipinski definition) is 3. The van der Waals surface area contributed by atoms with Gasteiger partial charge in [0.05, 0.1) is 0 Å². The van der Waals surface area contributed by atoms with Crippen molar-refractivity contribution < 1.29 is 26.3 Å². The number of nitrogens with one attached hydrogen (secondary N) is 1. The third-order valence-electron chi connectivity index (χ3n) is 2.93. The molecule has 5 nitrogen and oxygen atoms in total. The highest BCUT2D eigenvalue weighted by atomic mass is 32.2. The molecule has 132 valence electrons. The van der Waals surface area contributed by atoms with Crippen LogP contribution in [0.15, 0.2) is 24.3 Å². The van der Waals surface area contributed by atoms with E-state index in [0.29, 0.717) is 25.9 Å². The lowest BCUT2D eigenvalue weighted by Gasteiger charge is -2.21. The Hall–Kier alpha value is -1.32. The summed E-state index contributed by atoms with van der Waals surface area (Å²) in [5.41, 5.74) is 0.112. The quantitative estimate of drug-likeness (QED) is 0.742. The van der Waals surface area contributed by atoms with Gasteiger partial charge in [-0.25, -0.2) is 0 Å². The normalized spacial score (nSPS) is 12.6. The first-order valence-electron chi connectivity index (χ1n) is 7.28. The summed E-state index contributed by atoms with van der Waals surface area (Å²) in [6.45, 7) is 4.13. The number of ether oxygens (including phenoxy) is 1. The predicted molar refractivity (Wildman–Crippen MR) is 81.0 cm³/mol. The number of para-hydroxylation sites is 1. The van der Waals surface area contributed by atoms with E-state index in [9.17, 15) is 21.6 Å². The Labute approximate surface area is 134 Å². The summed E-state index contributed by atoms with van der Waals surface area (Å²) in [6, 6.07) is 5.43. The van der Waals surface area contributed by atoms with Gasteiger partial charge in [0.2, 0.25) is 0 Å². The molecule has 0 radical (unpaired) electrons. The molecule has 0 fully saturated rings. The van der Waals surface area contributed by atoms with Crippen LogP contribution in [0.2, 0.25) is 0 Å². The van der Waals surface area contributed by atoms with Crippen LogP contribution >= 0.6 is 0 Å². The first-order valence-corrected chi connectivity index (χ1v) is 8.72. The van der Waals surface area contributed by atoms with Crippen molar-refractivity contribution in [3.8, 4) is 5.75 Å². The maximum atomic E-state index is 12.4. The molecule has 0 aliphatic heterocycles. The largest absolute Gasteiger partial charge is 0.573 e. The van der Waals surface area contributed by atoms with Crippen LogP contribution in [0.4, 0.5) is 13.2 Å². The molecule has 9 heteroatoms. The average molecular weight is 354 g/mol. The van der Waals surface area contributed by atoms with Crippen LogP contribution in [-0.2, 0) is 16.8 Å². The van der Waals surface area contributed by atoms with Crippen LogP contribution in [-0.4, -0.2) is 32.2 Å². The summed E-state index contributed by atoms with van der Waals surface area (Å²) in [5.74, 6) is -0.416. The summed E-state index contributed by atoms with van der Waals surface area (Å²) in [7, 11) is -3.76. The molecular formula is C14H21F3N2O3S. The maximum absolute atomic E-state index is 12.4. The van der Waals surface area contributed by atoms with Gasteiger partial charge in [-0.05, 0) is 18.9 Å². The first kappa shape index (κ1) is 19.7. The number of halogens is 3. The standard InChI is InChI=1S/C14H21F3N2O3S/c1-3-9-19(10-4-2)23(20,21)18-11-12-7-5-6-8-13(12)22-14(15,16)17/h5-8,18H,3-4,9-11H2,1-2H3. The fourth-order valence-corrected chi connectivity index (χ4v) is 3.35. The minimum absolute atomic E-state index is 0.112. The molecule has 0 heterocycles. The van der Waals surface area contributed by atoms with Gasteiger partial charge < -0.3 is 4.74 Å². The molecule has 0 atom stereocenters. The van der Waals surface area contributed by atoms with E-state index in [2.05, 4.69) is 9.46 Å². The topological polar surface area (TPSA) is 58.6 Å². The van der Waals surface area contributed by atoms with Gasteiger partial charge in [0.25, 0.3) is 10.2 Å². The first-order chi connectivity index (χ1) is 10.7. The summed E-state index contributed by atoms with van der Waals surface area (Å²) in [4.78, 5) is 0. The predicted octanol–water partition coefficient (Wildman–Crippen LogP) is 3.04. The molecule has 23 heavy (non-hydrogen) atoms. The lowest BCUT2D eigenvalue weighted by Crippen LogP contribution is -2.41. The second-order valence-corrected chi connectivity index (χ2v) is 6.64. The van der Waals surface area contributed by atoms with Gasteiger partial charge in [-0.3, -0.25) is 0 Å². The summed E-state index contributed by atoms with van der Waals surface area (Å²) in [5, 5.41) is 0. The van der Waals surface area contributed by atoms with Gasteiger partial charge in [-0.15, -0.1) is 13.2 Å². The molecule has 1 aromatic rings. The van der Waals surface area contributed by atoms with Crippen LogP contribution in [0, 0.1) is 0 Å². The van der Waals surface area contributed by atoms with E-state index in [1.165, 1.54) is 22.5 Å². The van der Waals surface area contributed by atoms with Gasteiger partial charge in [0.1, 0.15) is 5.75 Å². The van der Waals surface area contributed by atoms with Gasteiger partial charge in [-0.2, -0.15) is 17.4 Å². The average Bonchev–Trinajstić information content (AvgIpc) is 2.44. The van der Waals surface area contributed by atoms with E-state index in [4.69, 9.17) is 0 Å². The Morgan fingerprint density at radius 2 is 1.70 bits per heavy atom. The minimum Gasteiger partial charge on any atom is -0.405 e. The molecule has 1 aromatic carbocycles. The summed E-state index contributed by atoms with van der Waals surface area (Å²) in [6.07, 6.45) is -3.53. The number of nitrogens with zero attached hydrogens (tertiary/aromatic N) is 1. The Morgan fingerprint density at radius 1 is 1.13 bits per heavy atom. The van der Waals surface area contributed by atoms with Crippen LogP contribution in [0.1, 0.15) is 32.3 Å². The molecule has 0 aliphatic rings. The Kier molecular flexibility index (Phi) is 7.30. The highest BCUT2D eigenvalue weighted by molar-refractivity contribution is 7.87. The zero-order valence-electron chi connectivity index (χ0n) is 13.1. The van der Waals surface area contributed by atoms with E-state index < -0.39 is 22.3 Å². The maximum Gasteiger partial charge on any atom is 0.573 e. The van der Waals surface area contributed by atoms with Crippen LogP contribution in [0.25, 0.3) is 0 Å². The van der Waals surface area contributed by atoms with E-state index in [-0.39, 0.29) is 12.1 Å². The highest BCUT2D eigenvalue weighted by Gasteiger charge is 2.32. The molecular weight excluding hydrogens is 333 g/mol. The van der Waals surface area contributed by atoms with E-state index in [0.717, 1.165) is 6.07 Å². The monoisotopic (exact) mass is 354 g/mol. The third-order valence-corrected chi connectivity index (χ3v) is 4.48. The van der Waals surface area contributed by atoms with Gasteiger partial charge in [0.15, 0.2) is 0 Å². The van der Waals surface area contributed by atoms with Crippen molar-refractivity contribution in [3.05, 3.63) is 29.8 Å². The van der Waals surface area contributed by atoms with Crippen LogP contribution < -0.4 is 9.46 Å². The molecule has 0 aromatic heterocycles. The van der Waals surface area contributed by atoms with Crippen molar-refractivity contribution in [2.45, 2.75) is 39.6 Å². The lowest BCUT2D eigenvalue weighted by atomic mass is 10.2. The molecule has 1 rings (SSSR count). The second kappa shape index (κ2) is 8.51. The van der Waals surface area contributed by atoms with Crippen molar-refractivity contribution in [1.29, 1.82) is 0 Å². The minimum atomic E-state index is -4.83. The number of benzene rings is 1. The Balaban J connectivity index is 2.84. The van der Waals surface area contributed by atoms with Crippen molar-refractivity contribution in [3.63, 3.8) is 0 Å². The lowest BCUT2D eigenvalue weighted by molar-refractivity contribution is -0.274. The SMILES string of the molecule is CCCN(CCC)S(=O)(=O)NCc1ccccc1OC(F)(F)F. The summed E-state index contributed by atoms with van der Waals surface area (Å²) >= 11 is 0. The van der Waals surface area contributed by atoms with Crippen molar-refractivity contribution in [2.75, 3.05) is 13.1 Å². The molecule has 0 aliphatic carbocycles. The second-order valence-electron chi connectivity index (χ2n) is 4.88. The molecule has 0 bridgehead atoms. The Morgan fingerprint density at radius 3 is 2.22 bits per heavy atom. The van der Waals surface area contributed by atoms with E-state index in [1.807, 2.05) is 13.8 Å². The van der Waals surface area contributed by atoms with Crippen molar-refractivity contribution >= 4 is 10.2 Å². The molecule has 0 saturated heterocycles. The van der Waals surface area contributed by atoms with Crippen LogP contribution in [0.3, 0.4) is 0 Å². The fourth-order valence-electron chi connectivity index (χ4n) is 1.99. The zero-order chi connectivity index (χ0) is 17.5. The molecule has 0 amide bonds. The molecule has 1 N–H and O–H groups in total. The zero-order valence-corrected chi connectivity index (χ0v) is 13.9. The van der Waals surface area contributed by atoms with Crippen molar-refractivity contribution in [1.82, 2.24) is 9.03 Å². The van der Waals surface area contributed by atoms with Gasteiger partial charge in [-0.1, -0.05) is 32.0 Å².